The van der Waals surface area contributed by atoms with Crippen LogP contribution in [0, 0.1) is 5.41 Å². The number of fused-ring (bicyclic) bond motifs is 2. The van der Waals surface area contributed by atoms with Gasteiger partial charge in [0.1, 0.15) is 0 Å². The lowest BCUT2D eigenvalue weighted by atomic mass is 9.93. The van der Waals surface area contributed by atoms with Crippen LogP contribution in [0.1, 0.15) is 11.1 Å². The van der Waals surface area contributed by atoms with Gasteiger partial charge in [-0.05, 0) is 21.5 Å². The summed E-state index contributed by atoms with van der Waals surface area (Å²) in [6.07, 6.45) is 0. The molecule has 0 fully saturated rings. The number of benzene rings is 4. The van der Waals surface area contributed by atoms with E-state index in [1.807, 2.05) is 48.5 Å². The summed E-state index contributed by atoms with van der Waals surface area (Å²) in [5, 5.41) is 13.3. The zero-order valence-electron chi connectivity index (χ0n) is 12.1. The van der Waals surface area contributed by atoms with Crippen LogP contribution in [0.25, 0.3) is 21.5 Å². The molecule has 0 aliphatic carbocycles. The smallest absolute Gasteiger partial charge is 0.0697 e. The molecule has 22 heavy (non-hydrogen) atoms. The first-order valence-electron chi connectivity index (χ1n) is 7.39. The van der Waals surface area contributed by atoms with E-state index in [0.29, 0.717) is 5.71 Å². The molecule has 0 aliphatic rings. The van der Waals surface area contributed by atoms with E-state index >= 15 is 0 Å². The predicted molar refractivity (Wildman–Crippen MR) is 93.8 cm³/mol. The Morgan fingerprint density at radius 1 is 0.500 bits per heavy atom. The summed E-state index contributed by atoms with van der Waals surface area (Å²) >= 11 is 0. The van der Waals surface area contributed by atoms with E-state index < -0.39 is 0 Å². The molecule has 0 saturated carbocycles. The van der Waals surface area contributed by atoms with Gasteiger partial charge < -0.3 is 0 Å². The molecule has 0 bridgehead atoms. The molecule has 1 heteroatoms. The minimum Gasteiger partial charge on any atom is -0.300 e. The van der Waals surface area contributed by atoms with Crippen LogP contribution in [-0.4, -0.2) is 5.71 Å². The minimum atomic E-state index is 0.577. The summed E-state index contributed by atoms with van der Waals surface area (Å²) in [5.41, 5.74) is 2.54. The highest BCUT2D eigenvalue weighted by Crippen LogP contribution is 2.25. The average molecular weight is 281 g/mol. The Morgan fingerprint density at radius 2 is 0.909 bits per heavy atom. The lowest BCUT2D eigenvalue weighted by Gasteiger charge is -2.11. The lowest BCUT2D eigenvalue weighted by molar-refractivity contribution is 1.48. The Kier molecular flexibility index (Phi) is 2.97. The molecule has 0 amide bonds. The molecule has 0 heterocycles. The van der Waals surface area contributed by atoms with E-state index in [9.17, 15) is 0 Å². The monoisotopic (exact) mass is 281 g/mol. The normalized spacial score (nSPS) is 10.9. The Morgan fingerprint density at radius 3 is 1.41 bits per heavy atom. The molecule has 1 nitrogen and oxygen atoms in total. The van der Waals surface area contributed by atoms with Crippen LogP contribution in [0.3, 0.4) is 0 Å². The predicted octanol–water partition coefficient (Wildman–Crippen LogP) is 5.41. The summed E-state index contributed by atoms with van der Waals surface area (Å²) in [6.45, 7) is 0. The van der Waals surface area contributed by atoms with Gasteiger partial charge in [-0.2, -0.15) is 0 Å². The van der Waals surface area contributed by atoms with Crippen LogP contribution in [0.15, 0.2) is 84.9 Å². The van der Waals surface area contributed by atoms with Crippen molar-refractivity contribution in [2.75, 3.05) is 0 Å². The summed E-state index contributed by atoms with van der Waals surface area (Å²) < 4.78 is 0. The van der Waals surface area contributed by atoms with E-state index in [1.165, 1.54) is 10.8 Å². The maximum absolute atomic E-state index is 8.73. The maximum Gasteiger partial charge on any atom is 0.0697 e. The summed E-state index contributed by atoms with van der Waals surface area (Å²) in [6, 6.07) is 28.8. The van der Waals surface area contributed by atoms with Crippen LogP contribution in [-0.2, 0) is 0 Å². The lowest BCUT2D eigenvalue weighted by Crippen LogP contribution is -2.03. The Labute approximate surface area is 129 Å². The van der Waals surface area contributed by atoms with Gasteiger partial charge in [-0.1, -0.05) is 84.9 Å². The molecular formula is C21H15N. The van der Waals surface area contributed by atoms with E-state index in [2.05, 4.69) is 36.4 Å². The highest BCUT2D eigenvalue weighted by Gasteiger charge is 2.11. The molecule has 0 atom stereocenters. The van der Waals surface area contributed by atoms with Gasteiger partial charge in [-0.25, -0.2) is 0 Å². The van der Waals surface area contributed by atoms with Gasteiger partial charge in [0.15, 0.2) is 0 Å². The van der Waals surface area contributed by atoms with Crippen molar-refractivity contribution in [3.05, 3.63) is 96.1 Å². The maximum atomic E-state index is 8.73. The number of nitrogens with one attached hydrogen (secondary N) is 1. The van der Waals surface area contributed by atoms with Crippen LogP contribution in [0.2, 0.25) is 0 Å². The third-order valence-electron chi connectivity index (χ3n) is 4.12. The van der Waals surface area contributed by atoms with Crippen LogP contribution in [0.5, 0.6) is 0 Å². The Bertz CT molecular complexity index is 907. The van der Waals surface area contributed by atoms with Crippen molar-refractivity contribution < 1.29 is 0 Å². The van der Waals surface area contributed by atoms with Crippen molar-refractivity contribution in [1.82, 2.24) is 0 Å². The fourth-order valence-corrected chi connectivity index (χ4v) is 3.03. The van der Waals surface area contributed by atoms with Gasteiger partial charge in [0.25, 0.3) is 0 Å². The molecular weight excluding hydrogens is 266 g/mol. The topological polar surface area (TPSA) is 23.9 Å². The molecule has 4 aromatic rings. The van der Waals surface area contributed by atoms with Crippen molar-refractivity contribution in [2.45, 2.75) is 0 Å². The van der Waals surface area contributed by atoms with Gasteiger partial charge in [0.2, 0.25) is 0 Å². The molecule has 0 aromatic heterocycles. The molecule has 4 aromatic carbocycles. The van der Waals surface area contributed by atoms with Gasteiger partial charge in [0, 0.05) is 11.1 Å². The summed E-state index contributed by atoms with van der Waals surface area (Å²) in [4.78, 5) is 0. The Balaban J connectivity index is 1.97. The van der Waals surface area contributed by atoms with Crippen molar-refractivity contribution in [3.8, 4) is 0 Å². The van der Waals surface area contributed by atoms with Crippen molar-refractivity contribution >= 4 is 27.3 Å². The van der Waals surface area contributed by atoms with Crippen molar-refractivity contribution in [2.24, 2.45) is 0 Å². The molecule has 0 spiro atoms. The fourth-order valence-electron chi connectivity index (χ4n) is 3.03. The Hall–Kier alpha value is -2.93. The molecule has 0 saturated heterocycles. The van der Waals surface area contributed by atoms with Gasteiger partial charge in [-0.3, -0.25) is 5.41 Å². The van der Waals surface area contributed by atoms with E-state index in [0.717, 1.165) is 21.9 Å². The van der Waals surface area contributed by atoms with Gasteiger partial charge >= 0.3 is 0 Å². The molecule has 0 aliphatic heterocycles. The number of rotatable bonds is 2. The van der Waals surface area contributed by atoms with E-state index in [1.54, 1.807) is 0 Å². The largest absolute Gasteiger partial charge is 0.300 e. The number of hydrogen-bond donors (Lipinski definition) is 1. The molecule has 104 valence electrons. The molecule has 0 radical (unpaired) electrons. The molecule has 0 unspecified atom stereocenters. The second kappa shape index (κ2) is 5.12. The first kappa shape index (κ1) is 12.8. The van der Waals surface area contributed by atoms with Crippen LogP contribution < -0.4 is 0 Å². The highest BCUT2D eigenvalue weighted by atomic mass is 14.4. The first-order chi connectivity index (χ1) is 10.8. The standard InChI is InChI=1S/C21H15N/c22-21(19-13-5-9-15-7-1-3-11-17(15)19)20-14-6-10-16-8-2-4-12-18(16)20/h1-14,22H. The second-order valence-corrected chi connectivity index (χ2v) is 5.43. The van der Waals surface area contributed by atoms with Crippen LogP contribution >= 0.6 is 0 Å². The average Bonchev–Trinajstić information content (AvgIpc) is 2.60. The number of hydrogen-bond acceptors (Lipinski definition) is 1. The zero-order chi connectivity index (χ0) is 14.9. The zero-order valence-corrected chi connectivity index (χ0v) is 12.1. The van der Waals surface area contributed by atoms with Crippen molar-refractivity contribution in [1.29, 1.82) is 5.41 Å². The quantitative estimate of drug-likeness (QED) is 0.475. The highest BCUT2D eigenvalue weighted by molar-refractivity contribution is 6.22. The summed E-state index contributed by atoms with van der Waals surface area (Å²) in [7, 11) is 0. The third-order valence-corrected chi connectivity index (χ3v) is 4.12. The molecule has 1 N–H and O–H groups in total. The van der Waals surface area contributed by atoms with Gasteiger partial charge in [-0.15, -0.1) is 0 Å². The second-order valence-electron chi connectivity index (χ2n) is 5.43. The van der Waals surface area contributed by atoms with E-state index in [-0.39, 0.29) is 0 Å². The first-order valence-corrected chi connectivity index (χ1v) is 7.39. The van der Waals surface area contributed by atoms with E-state index in [4.69, 9.17) is 5.41 Å². The van der Waals surface area contributed by atoms with Crippen molar-refractivity contribution in [3.63, 3.8) is 0 Å². The SMILES string of the molecule is N=C(c1cccc2ccccc12)c1cccc2ccccc12. The summed E-state index contributed by atoms with van der Waals surface area (Å²) in [5.74, 6) is 0. The fraction of sp³-hybridized carbons (Fsp3) is 0. The minimum absolute atomic E-state index is 0.577. The van der Waals surface area contributed by atoms with Gasteiger partial charge in [0.05, 0.1) is 5.71 Å². The molecule has 4 rings (SSSR count). The third kappa shape index (κ3) is 1.99. The van der Waals surface area contributed by atoms with Crippen LogP contribution in [0.4, 0.5) is 0 Å².